The summed E-state index contributed by atoms with van der Waals surface area (Å²) in [6.07, 6.45) is 7.06. The average molecular weight is 188 g/mol. The molecule has 0 radical (unpaired) electrons. The molecule has 1 aromatic rings. The Kier molecular flexibility index (Phi) is 1.88. The maximum Gasteiger partial charge on any atom is 0.120 e. The van der Waals surface area contributed by atoms with E-state index in [2.05, 4.69) is 30.3 Å². The molecule has 1 aromatic carbocycles. The topological polar surface area (TPSA) is 12.5 Å². The van der Waals surface area contributed by atoms with Crippen LogP contribution in [0.1, 0.15) is 37.7 Å². The van der Waals surface area contributed by atoms with Crippen molar-refractivity contribution in [3.05, 3.63) is 35.9 Å². The quantitative estimate of drug-likeness (QED) is 0.616. The van der Waals surface area contributed by atoms with E-state index in [0.717, 1.165) is 0 Å². The number of benzene rings is 1. The standard InChI is InChI=1S/C13H16O/c1-3-7-11(8-4-1)13-10-6-2-5-9-12(13)14-13/h1,3-4,7-8,12H,2,5-6,9-10H2. The zero-order valence-corrected chi connectivity index (χ0v) is 8.41. The molecule has 2 unspecified atom stereocenters. The first-order valence-corrected chi connectivity index (χ1v) is 5.65. The minimum absolute atomic E-state index is 0.123. The van der Waals surface area contributed by atoms with Gasteiger partial charge in [-0.2, -0.15) is 0 Å². The normalized spacial score (nSPS) is 35.9. The number of hydrogen-bond donors (Lipinski definition) is 0. The van der Waals surface area contributed by atoms with Gasteiger partial charge in [-0.25, -0.2) is 0 Å². The second kappa shape index (κ2) is 3.09. The van der Waals surface area contributed by atoms with E-state index in [0.29, 0.717) is 6.10 Å². The number of fused-ring (bicyclic) bond motifs is 1. The van der Waals surface area contributed by atoms with Gasteiger partial charge in [0.15, 0.2) is 0 Å². The summed E-state index contributed by atoms with van der Waals surface area (Å²) >= 11 is 0. The van der Waals surface area contributed by atoms with Crippen LogP contribution in [0.2, 0.25) is 0 Å². The Labute approximate surface area is 85.1 Å². The van der Waals surface area contributed by atoms with Gasteiger partial charge in [-0.15, -0.1) is 0 Å². The number of hydrogen-bond acceptors (Lipinski definition) is 1. The van der Waals surface area contributed by atoms with Crippen LogP contribution in [0.25, 0.3) is 0 Å². The van der Waals surface area contributed by atoms with Crippen LogP contribution in [0.4, 0.5) is 0 Å². The first-order chi connectivity index (χ1) is 6.92. The predicted octanol–water partition coefficient (Wildman–Crippen LogP) is 3.24. The molecule has 2 atom stereocenters. The fourth-order valence-electron chi connectivity index (χ4n) is 2.74. The lowest BCUT2D eigenvalue weighted by molar-refractivity contribution is 0.265. The van der Waals surface area contributed by atoms with Gasteiger partial charge < -0.3 is 4.74 Å². The molecule has 1 aliphatic carbocycles. The molecule has 0 amide bonds. The zero-order chi connectivity index (χ0) is 9.43. The van der Waals surface area contributed by atoms with Crippen LogP contribution < -0.4 is 0 Å². The number of epoxide rings is 1. The summed E-state index contributed by atoms with van der Waals surface area (Å²) in [7, 11) is 0. The van der Waals surface area contributed by atoms with Gasteiger partial charge in [0.1, 0.15) is 5.60 Å². The molecule has 2 fully saturated rings. The van der Waals surface area contributed by atoms with E-state index < -0.39 is 0 Å². The van der Waals surface area contributed by atoms with E-state index in [1.165, 1.54) is 37.7 Å². The molecule has 1 heterocycles. The average Bonchev–Trinajstić information content (AvgIpc) is 2.93. The minimum atomic E-state index is 0.123. The van der Waals surface area contributed by atoms with Crippen LogP contribution in [0.5, 0.6) is 0 Å². The summed E-state index contributed by atoms with van der Waals surface area (Å²) in [5, 5.41) is 0. The lowest BCUT2D eigenvalue weighted by Gasteiger charge is -2.11. The third kappa shape index (κ3) is 1.19. The number of rotatable bonds is 1. The van der Waals surface area contributed by atoms with Crippen molar-refractivity contribution in [2.45, 2.75) is 43.8 Å². The van der Waals surface area contributed by atoms with E-state index in [1.807, 2.05) is 0 Å². The summed E-state index contributed by atoms with van der Waals surface area (Å²) in [5.74, 6) is 0. The molecule has 0 aromatic heterocycles. The third-order valence-electron chi connectivity index (χ3n) is 3.59. The van der Waals surface area contributed by atoms with Crippen LogP contribution in [-0.2, 0) is 10.3 Å². The maximum absolute atomic E-state index is 5.93. The molecule has 14 heavy (non-hydrogen) atoms. The van der Waals surface area contributed by atoms with Gasteiger partial charge in [0.25, 0.3) is 0 Å². The molecule has 1 heteroatoms. The second-order valence-electron chi connectivity index (χ2n) is 4.46. The van der Waals surface area contributed by atoms with Crippen LogP contribution in [0.3, 0.4) is 0 Å². The van der Waals surface area contributed by atoms with Crippen molar-refractivity contribution < 1.29 is 4.74 Å². The maximum atomic E-state index is 5.93. The van der Waals surface area contributed by atoms with Gasteiger partial charge in [0, 0.05) is 0 Å². The van der Waals surface area contributed by atoms with Gasteiger partial charge in [-0.1, -0.05) is 49.6 Å². The molecule has 1 saturated carbocycles. The summed E-state index contributed by atoms with van der Waals surface area (Å²) in [6, 6.07) is 10.7. The molecule has 3 rings (SSSR count). The molecule has 1 saturated heterocycles. The monoisotopic (exact) mass is 188 g/mol. The third-order valence-corrected chi connectivity index (χ3v) is 3.59. The van der Waals surface area contributed by atoms with Crippen molar-refractivity contribution in [1.29, 1.82) is 0 Å². The molecule has 0 N–H and O–H groups in total. The largest absolute Gasteiger partial charge is 0.361 e. The van der Waals surface area contributed by atoms with Crippen LogP contribution in [-0.4, -0.2) is 6.10 Å². The first kappa shape index (κ1) is 8.49. The van der Waals surface area contributed by atoms with Crippen molar-refractivity contribution >= 4 is 0 Å². The molecule has 0 bridgehead atoms. The van der Waals surface area contributed by atoms with Gasteiger partial charge in [0.2, 0.25) is 0 Å². The van der Waals surface area contributed by atoms with Crippen LogP contribution in [0, 0.1) is 0 Å². The summed E-state index contributed by atoms with van der Waals surface area (Å²) in [6.45, 7) is 0. The summed E-state index contributed by atoms with van der Waals surface area (Å²) in [4.78, 5) is 0. The highest BCUT2D eigenvalue weighted by atomic mass is 16.6. The van der Waals surface area contributed by atoms with Gasteiger partial charge >= 0.3 is 0 Å². The van der Waals surface area contributed by atoms with Gasteiger partial charge in [-0.05, 0) is 18.4 Å². The Bertz CT molecular complexity index is 319. The Morgan fingerprint density at radius 2 is 1.93 bits per heavy atom. The van der Waals surface area contributed by atoms with Crippen LogP contribution in [0.15, 0.2) is 30.3 Å². The SMILES string of the molecule is c1ccc(C23CCCCCC2O3)cc1. The smallest absolute Gasteiger partial charge is 0.120 e. The van der Waals surface area contributed by atoms with E-state index in [1.54, 1.807) is 0 Å². The summed E-state index contributed by atoms with van der Waals surface area (Å²) in [5.41, 5.74) is 1.52. The Balaban J connectivity index is 1.91. The number of ether oxygens (including phenoxy) is 1. The molecule has 0 spiro atoms. The lowest BCUT2D eigenvalue weighted by Crippen LogP contribution is -2.11. The molecular formula is C13H16O. The van der Waals surface area contributed by atoms with Crippen molar-refractivity contribution in [3.63, 3.8) is 0 Å². The highest BCUT2D eigenvalue weighted by Crippen LogP contribution is 2.53. The fraction of sp³-hybridized carbons (Fsp3) is 0.538. The van der Waals surface area contributed by atoms with Crippen molar-refractivity contribution in [2.75, 3.05) is 0 Å². The first-order valence-electron chi connectivity index (χ1n) is 5.65. The van der Waals surface area contributed by atoms with Gasteiger partial charge in [0.05, 0.1) is 6.10 Å². The Morgan fingerprint density at radius 1 is 1.07 bits per heavy atom. The lowest BCUT2D eigenvalue weighted by atomic mass is 9.91. The van der Waals surface area contributed by atoms with Crippen LogP contribution >= 0.6 is 0 Å². The van der Waals surface area contributed by atoms with E-state index in [4.69, 9.17) is 4.74 Å². The predicted molar refractivity (Wildman–Crippen MR) is 56.1 cm³/mol. The second-order valence-corrected chi connectivity index (χ2v) is 4.46. The fourth-order valence-corrected chi connectivity index (χ4v) is 2.74. The zero-order valence-electron chi connectivity index (χ0n) is 8.41. The highest BCUT2D eigenvalue weighted by Gasteiger charge is 2.56. The van der Waals surface area contributed by atoms with Crippen molar-refractivity contribution in [3.8, 4) is 0 Å². The molecule has 1 aliphatic heterocycles. The molecule has 1 nitrogen and oxygen atoms in total. The molecule has 2 aliphatic rings. The summed E-state index contributed by atoms with van der Waals surface area (Å²) < 4.78 is 5.93. The molecule has 74 valence electrons. The van der Waals surface area contributed by atoms with Gasteiger partial charge in [-0.3, -0.25) is 0 Å². The highest BCUT2D eigenvalue weighted by molar-refractivity contribution is 5.29. The Morgan fingerprint density at radius 3 is 2.79 bits per heavy atom. The van der Waals surface area contributed by atoms with E-state index in [9.17, 15) is 0 Å². The van der Waals surface area contributed by atoms with E-state index in [-0.39, 0.29) is 5.60 Å². The van der Waals surface area contributed by atoms with Crippen molar-refractivity contribution in [2.24, 2.45) is 0 Å². The van der Waals surface area contributed by atoms with Crippen molar-refractivity contribution in [1.82, 2.24) is 0 Å². The van der Waals surface area contributed by atoms with E-state index >= 15 is 0 Å². The molecular weight excluding hydrogens is 172 g/mol. The Hall–Kier alpha value is -0.820. The minimum Gasteiger partial charge on any atom is -0.361 e.